The minimum Gasteiger partial charge on any atom is -0.508 e. The highest BCUT2D eigenvalue weighted by atomic mass is 16.5. The summed E-state index contributed by atoms with van der Waals surface area (Å²) in [6, 6.07) is 14.9. The van der Waals surface area contributed by atoms with E-state index < -0.39 is 5.54 Å². The van der Waals surface area contributed by atoms with E-state index in [0.717, 1.165) is 30.0 Å². The molecule has 2 fully saturated rings. The number of carbonyl (C=O) groups excluding carboxylic acids is 2. The van der Waals surface area contributed by atoms with E-state index in [9.17, 15) is 14.7 Å². The molecule has 0 radical (unpaired) electrons. The molecule has 0 unspecified atom stereocenters. The van der Waals surface area contributed by atoms with Gasteiger partial charge in [-0.3, -0.25) is 14.6 Å². The van der Waals surface area contributed by atoms with E-state index in [1.807, 2.05) is 36.4 Å². The van der Waals surface area contributed by atoms with Crippen molar-refractivity contribution in [2.75, 3.05) is 33.8 Å². The smallest absolute Gasteiger partial charge is 0.327 e. The molecule has 3 amide bonds. The maximum Gasteiger partial charge on any atom is 0.327 e. The fraction of sp³-hybridized carbons (Fsp3) is 0.417. The van der Waals surface area contributed by atoms with Crippen molar-refractivity contribution in [3.63, 3.8) is 0 Å². The number of likely N-dealkylation sites (N-methyl/N-ethyl adjacent to an activating group) is 1. The minimum atomic E-state index is -0.756. The molecule has 4 rings (SSSR count). The zero-order valence-electron chi connectivity index (χ0n) is 18.1. The molecule has 2 aromatic rings. The quantitative estimate of drug-likeness (QED) is 0.724. The van der Waals surface area contributed by atoms with Gasteiger partial charge in [-0.15, -0.1) is 0 Å². The van der Waals surface area contributed by atoms with Crippen molar-refractivity contribution in [2.45, 2.75) is 31.3 Å². The van der Waals surface area contributed by atoms with Gasteiger partial charge in [0, 0.05) is 33.2 Å². The summed E-state index contributed by atoms with van der Waals surface area (Å²) in [5, 5.41) is 9.70. The number of ether oxygens (including phenoxy) is 1. The number of hydrogen-bond donors (Lipinski definition) is 1. The topological polar surface area (TPSA) is 73.3 Å². The average molecular weight is 424 g/mol. The van der Waals surface area contributed by atoms with Gasteiger partial charge in [-0.25, -0.2) is 4.79 Å². The number of aromatic hydroxyl groups is 1. The molecule has 1 spiro atoms. The molecule has 164 valence electrons. The Labute approximate surface area is 182 Å². The van der Waals surface area contributed by atoms with Crippen molar-refractivity contribution in [3.05, 3.63) is 59.7 Å². The molecule has 7 nitrogen and oxygen atoms in total. The van der Waals surface area contributed by atoms with Gasteiger partial charge in [-0.1, -0.05) is 24.3 Å². The molecule has 2 aliphatic rings. The summed E-state index contributed by atoms with van der Waals surface area (Å²) in [7, 11) is 3.22. The standard InChI is InChI=1S/C24H29N3O4/c1-25-22(29)24(11-14-26(15-12-24)17-19-4-3-5-20(28)16-19)27(23(25)30)13-10-18-6-8-21(31-2)9-7-18/h3-9,16,28H,10-15,17H2,1-2H3. The number of phenolic OH excluding ortho intramolecular Hbond substituents is 1. The number of amides is 3. The highest BCUT2D eigenvalue weighted by molar-refractivity contribution is 6.06. The van der Waals surface area contributed by atoms with Crippen molar-refractivity contribution in [2.24, 2.45) is 0 Å². The van der Waals surface area contributed by atoms with Crippen molar-refractivity contribution >= 4 is 11.9 Å². The monoisotopic (exact) mass is 423 g/mol. The molecule has 0 aliphatic carbocycles. The Hall–Kier alpha value is -3.06. The molecule has 2 heterocycles. The van der Waals surface area contributed by atoms with Crippen LogP contribution in [0.4, 0.5) is 4.79 Å². The predicted molar refractivity (Wildman–Crippen MR) is 117 cm³/mol. The first-order valence-corrected chi connectivity index (χ1v) is 10.7. The Kier molecular flexibility index (Phi) is 5.87. The predicted octanol–water partition coefficient (Wildman–Crippen LogP) is 2.87. The van der Waals surface area contributed by atoms with Gasteiger partial charge >= 0.3 is 6.03 Å². The number of phenols is 1. The molecule has 2 saturated heterocycles. The Morgan fingerprint density at radius 2 is 1.74 bits per heavy atom. The van der Waals surface area contributed by atoms with Crippen molar-refractivity contribution < 1.29 is 19.4 Å². The second-order valence-electron chi connectivity index (χ2n) is 8.37. The summed E-state index contributed by atoms with van der Waals surface area (Å²) in [4.78, 5) is 31.3. The summed E-state index contributed by atoms with van der Waals surface area (Å²) in [5.41, 5.74) is 1.39. The third-order valence-electron chi connectivity index (χ3n) is 6.52. The number of imide groups is 1. The van der Waals surface area contributed by atoms with E-state index in [1.165, 1.54) is 4.90 Å². The summed E-state index contributed by atoms with van der Waals surface area (Å²) >= 11 is 0. The van der Waals surface area contributed by atoms with E-state index in [0.29, 0.717) is 32.4 Å². The molecule has 7 heteroatoms. The Balaban J connectivity index is 1.44. The van der Waals surface area contributed by atoms with Gasteiger partial charge in [0.15, 0.2) is 0 Å². The van der Waals surface area contributed by atoms with Crippen LogP contribution in [0.1, 0.15) is 24.0 Å². The van der Waals surface area contributed by atoms with Crippen LogP contribution in [0.25, 0.3) is 0 Å². The van der Waals surface area contributed by atoms with Gasteiger partial charge in [0.05, 0.1) is 7.11 Å². The zero-order chi connectivity index (χ0) is 22.0. The lowest BCUT2D eigenvalue weighted by molar-refractivity contribution is -0.134. The summed E-state index contributed by atoms with van der Waals surface area (Å²) in [5.74, 6) is 0.963. The van der Waals surface area contributed by atoms with Crippen LogP contribution < -0.4 is 4.74 Å². The maximum absolute atomic E-state index is 13.1. The lowest BCUT2D eigenvalue weighted by Gasteiger charge is -2.42. The number of urea groups is 1. The fourth-order valence-electron chi connectivity index (χ4n) is 4.70. The number of carbonyl (C=O) groups is 2. The minimum absolute atomic E-state index is 0.0933. The summed E-state index contributed by atoms with van der Waals surface area (Å²) in [6.45, 7) is 2.67. The Bertz CT molecular complexity index is 952. The Morgan fingerprint density at radius 3 is 2.39 bits per heavy atom. The highest BCUT2D eigenvalue weighted by Crippen LogP contribution is 2.37. The number of nitrogens with zero attached hydrogens (tertiary/aromatic N) is 3. The van der Waals surface area contributed by atoms with E-state index in [-0.39, 0.29) is 17.7 Å². The lowest BCUT2D eigenvalue weighted by atomic mass is 9.85. The summed E-state index contributed by atoms with van der Waals surface area (Å²) < 4.78 is 5.21. The van der Waals surface area contributed by atoms with Gasteiger partial charge in [0.2, 0.25) is 0 Å². The number of likely N-dealkylation sites (tertiary alicyclic amines) is 1. The second-order valence-corrected chi connectivity index (χ2v) is 8.37. The van der Waals surface area contributed by atoms with Crippen molar-refractivity contribution in [3.8, 4) is 11.5 Å². The van der Waals surface area contributed by atoms with Gasteiger partial charge in [-0.2, -0.15) is 0 Å². The van der Waals surface area contributed by atoms with Crippen LogP contribution in [-0.4, -0.2) is 71.1 Å². The van der Waals surface area contributed by atoms with Crippen LogP contribution in [0.15, 0.2) is 48.5 Å². The molecular weight excluding hydrogens is 394 g/mol. The molecule has 2 aromatic carbocycles. The number of piperidine rings is 1. The molecule has 2 aliphatic heterocycles. The normalized spacial score (nSPS) is 18.8. The first-order chi connectivity index (χ1) is 14.9. The molecule has 31 heavy (non-hydrogen) atoms. The molecule has 1 N–H and O–H groups in total. The molecule has 0 bridgehead atoms. The number of hydrogen-bond acceptors (Lipinski definition) is 5. The largest absolute Gasteiger partial charge is 0.508 e. The number of methoxy groups -OCH3 is 1. The van der Waals surface area contributed by atoms with E-state index in [1.54, 1.807) is 31.2 Å². The van der Waals surface area contributed by atoms with Crippen LogP contribution in [0, 0.1) is 0 Å². The van der Waals surface area contributed by atoms with Gasteiger partial charge < -0.3 is 14.7 Å². The SMILES string of the molecule is COc1ccc(CCN2C(=O)N(C)C(=O)C23CCN(Cc2cccc(O)c2)CC3)cc1. The van der Waals surface area contributed by atoms with E-state index in [4.69, 9.17) is 4.74 Å². The van der Waals surface area contributed by atoms with Gasteiger partial charge in [-0.05, 0) is 54.7 Å². The van der Waals surface area contributed by atoms with Crippen molar-refractivity contribution in [1.29, 1.82) is 0 Å². The first-order valence-electron chi connectivity index (χ1n) is 10.7. The highest BCUT2D eigenvalue weighted by Gasteiger charge is 2.56. The van der Waals surface area contributed by atoms with Crippen LogP contribution >= 0.6 is 0 Å². The van der Waals surface area contributed by atoms with Crippen LogP contribution in [0.5, 0.6) is 11.5 Å². The van der Waals surface area contributed by atoms with Crippen LogP contribution in [0.2, 0.25) is 0 Å². The number of rotatable bonds is 6. The van der Waals surface area contributed by atoms with Crippen molar-refractivity contribution in [1.82, 2.24) is 14.7 Å². The maximum atomic E-state index is 13.1. The Morgan fingerprint density at radius 1 is 1.03 bits per heavy atom. The first kappa shape index (κ1) is 21.2. The van der Waals surface area contributed by atoms with Crippen LogP contribution in [-0.2, 0) is 17.8 Å². The zero-order valence-corrected chi connectivity index (χ0v) is 18.1. The number of benzene rings is 2. The summed E-state index contributed by atoms with van der Waals surface area (Å²) in [6.07, 6.45) is 1.91. The lowest BCUT2D eigenvalue weighted by Crippen LogP contribution is -2.56. The average Bonchev–Trinajstić information content (AvgIpc) is 2.95. The van der Waals surface area contributed by atoms with Gasteiger partial charge in [0.25, 0.3) is 5.91 Å². The molecule has 0 saturated carbocycles. The van der Waals surface area contributed by atoms with Gasteiger partial charge in [0.1, 0.15) is 17.0 Å². The molecular formula is C24H29N3O4. The van der Waals surface area contributed by atoms with E-state index >= 15 is 0 Å². The van der Waals surface area contributed by atoms with Crippen LogP contribution in [0.3, 0.4) is 0 Å². The third-order valence-corrected chi connectivity index (χ3v) is 6.52. The third kappa shape index (κ3) is 4.10. The molecule has 0 aromatic heterocycles. The van der Waals surface area contributed by atoms with E-state index in [2.05, 4.69) is 4.90 Å². The fourth-order valence-corrected chi connectivity index (χ4v) is 4.70. The molecule has 0 atom stereocenters. The second kappa shape index (κ2) is 8.59.